The summed E-state index contributed by atoms with van der Waals surface area (Å²) >= 11 is 1.28. The number of hydrogen-bond acceptors (Lipinski definition) is 4. The highest BCUT2D eigenvalue weighted by Gasteiger charge is 2.17. The van der Waals surface area contributed by atoms with Gasteiger partial charge in [0.05, 0.1) is 5.75 Å². The molecule has 0 bridgehead atoms. The second-order valence-electron chi connectivity index (χ2n) is 7.14. The van der Waals surface area contributed by atoms with E-state index in [4.69, 9.17) is 0 Å². The fourth-order valence-electron chi connectivity index (χ4n) is 3.23. The molecule has 0 aliphatic heterocycles. The van der Waals surface area contributed by atoms with Gasteiger partial charge in [0.25, 0.3) is 0 Å². The Morgan fingerprint density at radius 2 is 1.74 bits per heavy atom. The highest BCUT2D eigenvalue weighted by molar-refractivity contribution is 7.99. The van der Waals surface area contributed by atoms with Crippen LogP contribution in [0, 0.1) is 19.7 Å². The van der Waals surface area contributed by atoms with Crippen molar-refractivity contribution in [1.29, 1.82) is 0 Å². The van der Waals surface area contributed by atoms with Gasteiger partial charge in [-0.25, -0.2) is 4.39 Å². The second kappa shape index (κ2) is 9.14. The van der Waals surface area contributed by atoms with E-state index < -0.39 is 0 Å². The number of halogens is 1. The van der Waals surface area contributed by atoms with Gasteiger partial charge in [-0.3, -0.25) is 9.36 Å². The molecule has 1 amide bonds. The maximum Gasteiger partial charge on any atom is 0.234 e. The number of anilines is 1. The summed E-state index contributed by atoms with van der Waals surface area (Å²) in [6, 6.07) is 21.7. The van der Waals surface area contributed by atoms with E-state index in [2.05, 4.69) is 15.5 Å². The first-order valence-electron chi connectivity index (χ1n) is 9.78. The van der Waals surface area contributed by atoms with Crippen molar-refractivity contribution in [2.75, 3.05) is 11.1 Å². The third-order valence-electron chi connectivity index (χ3n) is 4.74. The highest BCUT2D eigenvalue weighted by Crippen LogP contribution is 2.28. The van der Waals surface area contributed by atoms with Crippen molar-refractivity contribution in [3.8, 4) is 17.1 Å². The van der Waals surface area contributed by atoms with Gasteiger partial charge < -0.3 is 5.32 Å². The zero-order chi connectivity index (χ0) is 21.8. The maximum atomic E-state index is 13.5. The molecule has 0 saturated heterocycles. The van der Waals surface area contributed by atoms with Gasteiger partial charge in [0.2, 0.25) is 5.91 Å². The lowest BCUT2D eigenvalue weighted by molar-refractivity contribution is -0.113. The van der Waals surface area contributed by atoms with Crippen LogP contribution in [0.1, 0.15) is 11.1 Å². The van der Waals surface area contributed by atoms with E-state index in [0.29, 0.717) is 11.0 Å². The van der Waals surface area contributed by atoms with Crippen LogP contribution in [-0.2, 0) is 4.79 Å². The number of carbonyl (C=O) groups is 1. The molecule has 7 heteroatoms. The smallest absolute Gasteiger partial charge is 0.234 e. The number of nitrogens with one attached hydrogen (secondary N) is 1. The van der Waals surface area contributed by atoms with Gasteiger partial charge in [-0.05, 0) is 49.7 Å². The molecule has 0 atom stereocenters. The number of aryl methyl sites for hydroxylation is 2. The number of hydrogen-bond donors (Lipinski definition) is 1. The standard InChI is InChI=1S/C24H21FN4OS/c1-16-8-13-21(17(2)14-16)26-22(30)15-31-24-28-27-23(18-6-4-3-5-7-18)29(24)20-11-9-19(25)10-12-20/h3-14H,15H2,1-2H3,(H,26,30). The Balaban J connectivity index is 1.58. The van der Waals surface area contributed by atoms with Crippen LogP contribution in [0.2, 0.25) is 0 Å². The van der Waals surface area contributed by atoms with Gasteiger partial charge >= 0.3 is 0 Å². The number of rotatable bonds is 6. The average molecular weight is 433 g/mol. The van der Waals surface area contributed by atoms with Gasteiger partial charge in [0.1, 0.15) is 5.82 Å². The predicted molar refractivity (Wildman–Crippen MR) is 122 cm³/mol. The maximum absolute atomic E-state index is 13.5. The molecule has 3 aromatic carbocycles. The zero-order valence-corrected chi connectivity index (χ0v) is 18.0. The molecule has 0 radical (unpaired) electrons. The lowest BCUT2D eigenvalue weighted by atomic mass is 10.1. The Kier molecular flexibility index (Phi) is 6.13. The molecule has 0 aliphatic rings. The van der Waals surface area contributed by atoms with E-state index >= 15 is 0 Å². The fourth-order valence-corrected chi connectivity index (χ4v) is 3.98. The number of amides is 1. The van der Waals surface area contributed by atoms with Crippen molar-refractivity contribution >= 4 is 23.4 Å². The lowest BCUT2D eigenvalue weighted by Gasteiger charge is -2.11. The average Bonchev–Trinajstić information content (AvgIpc) is 3.19. The number of thioether (sulfide) groups is 1. The predicted octanol–water partition coefficient (Wildman–Crippen LogP) is 5.42. The number of benzene rings is 3. The van der Waals surface area contributed by atoms with Gasteiger partial charge in [-0.15, -0.1) is 10.2 Å². The van der Waals surface area contributed by atoms with Gasteiger partial charge in [-0.2, -0.15) is 0 Å². The van der Waals surface area contributed by atoms with Gasteiger partial charge in [0, 0.05) is 16.9 Å². The first kappa shape index (κ1) is 20.8. The van der Waals surface area contributed by atoms with E-state index in [-0.39, 0.29) is 17.5 Å². The lowest BCUT2D eigenvalue weighted by Crippen LogP contribution is -2.15. The minimum Gasteiger partial charge on any atom is -0.325 e. The first-order valence-corrected chi connectivity index (χ1v) is 10.8. The minimum atomic E-state index is -0.319. The molecule has 5 nitrogen and oxygen atoms in total. The molecule has 0 aliphatic carbocycles. The number of nitrogens with zero attached hydrogens (tertiary/aromatic N) is 3. The molecule has 156 valence electrons. The Bertz CT molecular complexity index is 1210. The van der Waals surface area contributed by atoms with Crippen LogP contribution in [0.15, 0.2) is 78.0 Å². The Hall–Kier alpha value is -3.45. The van der Waals surface area contributed by atoms with Crippen molar-refractivity contribution in [2.24, 2.45) is 0 Å². The Labute approximate surface area is 184 Å². The van der Waals surface area contributed by atoms with Crippen LogP contribution in [0.5, 0.6) is 0 Å². The summed E-state index contributed by atoms with van der Waals surface area (Å²) < 4.78 is 15.3. The third-order valence-corrected chi connectivity index (χ3v) is 5.67. The molecule has 0 fully saturated rings. The summed E-state index contributed by atoms with van der Waals surface area (Å²) in [6.45, 7) is 3.98. The number of carbonyl (C=O) groups excluding carboxylic acids is 1. The summed E-state index contributed by atoms with van der Waals surface area (Å²) in [4.78, 5) is 12.6. The summed E-state index contributed by atoms with van der Waals surface area (Å²) in [7, 11) is 0. The molecule has 1 heterocycles. The van der Waals surface area contributed by atoms with Crippen molar-refractivity contribution < 1.29 is 9.18 Å². The fraction of sp³-hybridized carbons (Fsp3) is 0.125. The zero-order valence-electron chi connectivity index (χ0n) is 17.2. The van der Waals surface area contributed by atoms with Crippen LogP contribution in [0.4, 0.5) is 10.1 Å². The van der Waals surface area contributed by atoms with E-state index in [1.807, 2.05) is 66.9 Å². The molecule has 0 spiro atoms. The van der Waals surface area contributed by atoms with Crippen molar-refractivity contribution in [1.82, 2.24) is 14.8 Å². The first-order chi connectivity index (χ1) is 15.0. The van der Waals surface area contributed by atoms with E-state index in [1.165, 1.54) is 23.9 Å². The highest BCUT2D eigenvalue weighted by atomic mass is 32.2. The second-order valence-corrected chi connectivity index (χ2v) is 8.08. The van der Waals surface area contributed by atoms with E-state index in [1.54, 1.807) is 12.1 Å². The Morgan fingerprint density at radius 3 is 2.45 bits per heavy atom. The molecular formula is C24H21FN4OS. The van der Waals surface area contributed by atoms with Crippen LogP contribution in [-0.4, -0.2) is 26.4 Å². The topological polar surface area (TPSA) is 59.8 Å². The quantitative estimate of drug-likeness (QED) is 0.413. The van der Waals surface area contributed by atoms with Gasteiger partial charge in [0.15, 0.2) is 11.0 Å². The number of aromatic nitrogens is 3. The van der Waals surface area contributed by atoms with Crippen molar-refractivity contribution in [2.45, 2.75) is 19.0 Å². The molecule has 0 unspecified atom stereocenters. The van der Waals surface area contributed by atoms with Crippen LogP contribution >= 0.6 is 11.8 Å². The molecule has 4 aromatic rings. The van der Waals surface area contributed by atoms with Crippen LogP contribution in [0.25, 0.3) is 17.1 Å². The summed E-state index contributed by atoms with van der Waals surface area (Å²) in [5.74, 6) is 0.345. The molecular weight excluding hydrogens is 411 g/mol. The molecule has 31 heavy (non-hydrogen) atoms. The summed E-state index contributed by atoms with van der Waals surface area (Å²) in [5, 5.41) is 12.1. The minimum absolute atomic E-state index is 0.133. The Morgan fingerprint density at radius 1 is 1.00 bits per heavy atom. The monoisotopic (exact) mass is 432 g/mol. The van der Waals surface area contributed by atoms with Crippen molar-refractivity contribution in [3.05, 3.63) is 89.7 Å². The third kappa shape index (κ3) is 4.83. The summed E-state index contributed by atoms with van der Waals surface area (Å²) in [5.41, 5.74) is 4.56. The van der Waals surface area contributed by atoms with Gasteiger partial charge in [-0.1, -0.05) is 59.8 Å². The normalized spacial score (nSPS) is 10.8. The molecule has 4 rings (SSSR count). The molecule has 0 saturated carbocycles. The molecule has 1 aromatic heterocycles. The summed E-state index contributed by atoms with van der Waals surface area (Å²) in [6.07, 6.45) is 0. The van der Waals surface area contributed by atoms with Crippen LogP contribution < -0.4 is 5.32 Å². The SMILES string of the molecule is Cc1ccc(NC(=O)CSc2nnc(-c3ccccc3)n2-c2ccc(F)cc2)c(C)c1. The largest absolute Gasteiger partial charge is 0.325 e. The van der Waals surface area contributed by atoms with E-state index in [9.17, 15) is 9.18 Å². The van der Waals surface area contributed by atoms with E-state index in [0.717, 1.165) is 28.1 Å². The van der Waals surface area contributed by atoms with Crippen LogP contribution in [0.3, 0.4) is 0 Å². The molecule has 1 N–H and O–H groups in total. The van der Waals surface area contributed by atoms with Crippen molar-refractivity contribution in [3.63, 3.8) is 0 Å².